The van der Waals surface area contributed by atoms with E-state index in [2.05, 4.69) is 0 Å². The SMILES string of the molecule is COCc1cccc(COC)[c]1[Bi]([Cl])[Cl]. The molecule has 0 fully saturated rings. The third-order valence-corrected chi connectivity index (χ3v) is 8.49. The fourth-order valence-electron chi connectivity index (χ4n) is 1.41. The van der Waals surface area contributed by atoms with Gasteiger partial charge in [0, 0.05) is 0 Å². The van der Waals surface area contributed by atoms with E-state index in [1.54, 1.807) is 14.2 Å². The number of hydrogen-bond donors (Lipinski definition) is 0. The molecule has 15 heavy (non-hydrogen) atoms. The van der Waals surface area contributed by atoms with E-state index >= 15 is 0 Å². The van der Waals surface area contributed by atoms with Crippen LogP contribution in [0.1, 0.15) is 11.1 Å². The van der Waals surface area contributed by atoms with E-state index in [1.165, 1.54) is 0 Å². The maximum atomic E-state index is 6.14. The standard InChI is InChI=1S/C10H13O2.Bi.2ClH/c1-11-7-9-4-3-5-10(6-9)8-12-2;;;/h3-5H,7-8H2,1-2H3;;2*1H/q;+2;;/p-2. The first-order chi connectivity index (χ1) is 7.20. The van der Waals surface area contributed by atoms with Crippen molar-refractivity contribution < 1.29 is 9.47 Å². The van der Waals surface area contributed by atoms with E-state index in [1.807, 2.05) is 18.2 Å². The Bertz CT molecular complexity index is 294. The molecule has 0 aliphatic rings. The summed E-state index contributed by atoms with van der Waals surface area (Å²) < 4.78 is 11.3. The number of methoxy groups -OCH3 is 2. The Morgan fingerprint density at radius 3 is 1.87 bits per heavy atom. The number of rotatable bonds is 5. The molecule has 1 rings (SSSR count). The van der Waals surface area contributed by atoms with Crippen molar-refractivity contribution in [3.05, 3.63) is 29.3 Å². The summed E-state index contributed by atoms with van der Waals surface area (Å²) in [5.74, 6) is 0. The van der Waals surface area contributed by atoms with Crippen LogP contribution in [-0.4, -0.2) is 33.6 Å². The van der Waals surface area contributed by atoms with Gasteiger partial charge in [0.05, 0.1) is 0 Å². The Hall–Kier alpha value is 0.603. The molecule has 0 bridgehead atoms. The summed E-state index contributed by atoms with van der Waals surface area (Å²) >= 11 is -2.51. The number of halogens is 2. The van der Waals surface area contributed by atoms with Gasteiger partial charge in [-0.05, 0) is 0 Å². The quantitative estimate of drug-likeness (QED) is 0.648. The molecule has 0 atom stereocenters. The average molecular weight is 445 g/mol. The fourth-order valence-corrected chi connectivity index (χ4v) is 7.99. The van der Waals surface area contributed by atoms with Gasteiger partial charge in [0.15, 0.2) is 0 Å². The van der Waals surface area contributed by atoms with Crippen molar-refractivity contribution in [1.82, 2.24) is 0 Å². The van der Waals surface area contributed by atoms with Crippen molar-refractivity contribution in [2.75, 3.05) is 14.2 Å². The number of benzene rings is 1. The third-order valence-electron chi connectivity index (χ3n) is 1.97. The summed E-state index contributed by atoms with van der Waals surface area (Å²) in [5.41, 5.74) is 2.18. The molecule has 0 amide bonds. The molecule has 1 aromatic carbocycles. The molecule has 84 valence electrons. The van der Waals surface area contributed by atoms with E-state index in [0.29, 0.717) is 13.2 Å². The zero-order valence-electron chi connectivity index (χ0n) is 8.67. The van der Waals surface area contributed by atoms with Crippen LogP contribution in [0.5, 0.6) is 0 Å². The first-order valence-corrected chi connectivity index (χ1v) is 14.7. The van der Waals surface area contributed by atoms with Crippen LogP contribution in [0.25, 0.3) is 0 Å². The van der Waals surface area contributed by atoms with Gasteiger partial charge in [-0.2, -0.15) is 0 Å². The van der Waals surface area contributed by atoms with Gasteiger partial charge in [0.1, 0.15) is 0 Å². The Morgan fingerprint density at radius 2 is 1.53 bits per heavy atom. The molecule has 0 saturated carbocycles. The first kappa shape index (κ1) is 13.7. The van der Waals surface area contributed by atoms with Crippen LogP contribution in [0.3, 0.4) is 0 Å². The fraction of sp³-hybridized carbons (Fsp3) is 0.400. The molecule has 0 radical (unpaired) electrons. The molecule has 0 aliphatic carbocycles. The van der Waals surface area contributed by atoms with Crippen molar-refractivity contribution in [1.29, 1.82) is 0 Å². The molecule has 1 aromatic rings. The Morgan fingerprint density at radius 1 is 1.07 bits per heavy atom. The summed E-state index contributed by atoms with van der Waals surface area (Å²) in [5, 5.41) is 0. The normalized spacial score (nSPS) is 11.0. The van der Waals surface area contributed by atoms with Crippen LogP contribution in [0.15, 0.2) is 18.2 Å². The molecule has 0 aliphatic heterocycles. The van der Waals surface area contributed by atoms with Gasteiger partial charge >= 0.3 is 106 Å². The monoisotopic (exact) mass is 444 g/mol. The summed E-state index contributed by atoms with van der Waals surface area (Å²) in [7, 11) is 15.6. The summed E-state index contributed by atoms with van der Waals surface area (Å²) in [6.07, 6.45) is 0. The molecule has 5 heteroatoms. The van der Waals surface area contributed by atoms with E-state index in [0.717, 1.165) is 14.4 Å². The van der Waals surface area contributed by atoms with Crippen molar-refractivity contribution in [2.24, 2.45) is 0 Å². The second-order valence-corrected chi connectivity index (χ2v) is 14.0. The first-order valence-electron chi connectivity index (χ1n) is 4.41. The molecular weight excluding hydrogens is 432 g/mol. The van der Waals surface area contributed by atoms with Gasteiger partial charge in [-0.25, -0.2) is 0 Å². The Labute approximate surface area is 105 Å². The molecule has 0 saturated heterocycles. The molecule has 0 aromatic heterocycles. The van der Waals surface area contributed by atoms with Crippen molar-refractivity contribution in [3.8, 4) is 0 Å². The van der Waals surface area contributed by atoms with Crippen LogP contribution in [0.4, 0.5) is 0 Å². The number of ether oxygens (including phenoxy) is 2. The van der Waals surface area contributed by atoms with E-state index in [4.69, 9.17) is 26.5 Å². The van der Waals surface area contributed by atoms with E-state index in [-0.39, 0.29) is 0 Å². The van der Waals surface area contributed by atoms with Gasteiger partial charge in [-0.3, -0.25) is 0 Å². The summed E-state index contributed by atoms with van der Waals surface area (Å²) in [4.78, 5) is 0. The Balaban J connectivity index is 3.09. The van der Waals surface area contributed by atoms with Crippen LogP contribution >= 0.6 is 17.0 Å². The predicted octanol–water partition coefficient (Wildman–Crippen LogP) is 2.15. The summed E-state index contributed by atoms with van der Waals surface area (Å²) in [6.45, 7) is 1.11. The molecule has 0 N–H and O–H groups in total. The van der Waals surface area contributed by atoms with E-state index < -0.39 is 19.4 Å². The second-order valence-electron chi connectivity index (χ2n) is 3.02. The average Bonchev–Trinajstić information content (AvgIpc) is 2.18. The van der Waals surface area contributed by atoms with Crippen LogP contribution in [0.2, 0.25) is 0 Å². The van der Waals surface area contributed by atoms with Gasteiger partial charge in [-0.15, -0.1) is 0 Å². The minimum atomic E-state index is -2.51. The minimum absolute atomic E-state index is 0.554. The topological polar surface area (TPSA) is 18.5 Å². The zero-order chi connectivity index (χ0) is 11.3. The van der Waals surface area contributed by atoms with Crippen LogP contribution in [0, 0.1) is 0 Å². The zero-order valence-corrected chi connectivity index (χ0v) is 13.7. The molecule has 0 heterocycles. The van der Waals surface area contributed by atoms with Crippen LogP contribution < -0.4 is 3.27 Å². The van der Waals surface area contributed by atoms with Gasteiger partial charge in [-0.1, -0.05) is 0 Å². The van der Waals surface area contributed by atoms with Crippen molar-refractivity contribution in [3.63, 3.8) is 0 Å². The summed E-state index contributed by atoms with van der Waals surface area (Å²) in [6, 6.07) is 5.99. The van der Waals surface area contributed by atoms with Gasteiger partial charge < -0.3 is 0 Å². The van der Waals surface area contributed by atoms with Gasteiger partial charge in [0.25, 0.3) is 0 Å². The Kier molecular flexibility index (Phi) is 6.41. The number of hydrogen-bond acceptors (Lipinski definition) is 2. The molecule has 0 unspecified atom stereocenters. The van der Waals surface area contributed by atoms with Crippen molar-refractivity contribution in [2.45, 2.75) is 13.2 Å². The second kappa shape index (κ2) is 7.03. The molecular formula is C10H13BiCl2O2. The van der Waals surface area contributed by atoms with Gasteiger partial charge in [0.2, 0.25) is 0 Å². The predicted molar refractivity (Wildman–Crippen MR) is 65.0 cm³/mol. The van der Waals surface area contributed by atoms with E-state index in [9.17, 15) is 0 Å². The van der Waals surface area contributed by atoms with Crippen molar-refractivity contribution >= 4 is 39.7 Å². The third kappa shape index (κ3) is 3.83. The molecule has 0 spiro atoms. The van der Waals surface area contributed by atoms with Crippen LogP contribution in [-0.2, 0) is 22.7 Å². The molecule has 2 nitrogen and oxygen atoms in total. The maximum absolute atomic E-state index is 6.14.